The van der Waals surface area contributed by atoms with Gasteiger partial charge in [0.05, 0.1) is 12.7 Å². The van der Waals surface area contributed by atoms with Gasteiger partial charge in [-0.3, -0.25) is 4.79 Å². The average Bonchev–Trinajstić information content (AvgIpc) is 2.94. The van der Waals surface area contributed by atoms with Crippen LogP contribution in [0.5, 0.6) is 0 Å². The predicted molar refractivity (Wildman–Crippen MR) is 75.0 cm³/mol. The summed E-state index contributed by atoms with van der Waals surface area (Å²) in [5, 5.41) is 0. The van der Waals surface area contributed by atoms with Gasteiger partial charge in [-0.15, -0.1) is 0 Å². The first-order valence-electron chi connectivity index (χ1n) is 6.38. The Morgan fingerprint density at radius 1 is 1.36 bits per heavy atom. The maximum Gasteiger partial charge on any atom is 0.254 e. The number of carbonyl (C=O) groups excluding carboxylic acids is 1. The van der Waals surface area contributed by atoms with E-state index >= 15 is 0 Å². The number of anilines is 1. The lowest BCUT2D eigenvalue weighted by molar-refractivity contribution is -0.696. The zero-order valence-electron chi connectivity index (χ0n) is 11.5. The molecule has 5 N–H and O–H groups in total. The van der Waals surface area contributed by atoms with Crippen molar-refractivity contribution >= 4 is 22.9 Å². The van der Waals surface area contributed by atoms with Crippen molar-refractivity contribution in [2.75, 3.05) is 5.73 Å². The van der Waals surface area contributed by atoms with E-state index in [4.69, 9.17) is 11.5 Å². The Morgan fingerprint density at radius 3 is 2.95 bits per heavy atom. The first kappa shape index (κ1) is 15.6. The highest BCUT2D eigenvalue weighted by Gasteiger charge is 2.11. The SMILES string of the molecule is NC(=O)c1ccc[n+](CCc2nc(N)c3[nH]cnc3n2)c1.[Cl-]. The van der Waals surface area contributed by atoms with Gasteiger partial charge in [-0.1, -0.05) is 0 Å². The molecule has 0 aromatic carbocycles. The summed E-state index contributed by atoms with van der Waals surface area (Å²) in [5.41, 5.74) is 12.7. The molecule has 0 bridgehead atoms. The summed E-state index contributed by atoms with van der Waals surface area (Å²) in [5.74, 6) is 0.523. The fraction of sp³-hybridized carbons (Fsp3) is 0.154. The highest BCUT2D eigenvalue weighted by atomic mass is 35.5. The summed E-state index contributed by atoms with van der Waals surface area (Å²) in [6.07, 6.45) is 5.64. The molecule has 0 radical (unpaired) electrons. The number of nitrogens with two attached hydrogens (primary N) is 2. The summed E-state index contributed by atoms with van der Waals surface area (Å²) >= 11 is 0. The third-order valence-electron chi connectivity index (χ3n) is 3.10. The van der Waals surface area contributed by atoms with Crippen LogP contribution in [-0.2, 0) is 13.0 Å². The van der Waals surface area contributed by atoms with Crippen molar-refractivity contribution in [3.05, 3.63) is 42.2 Å². The van der Waals surface area contributed by atoms with Crippen molar-refractivity contribution < 1.29 is 21.8 Å². The van der Waals surface area contributed by atoms with Crippen molar-refractivity contribution in [2.24, 2.45) is 5.73 Å². The number of nitrogens with zero attached hydrogens (tertiary/aromatic N) is 4. The van der Waals surface area contributed by atoms with E-state index < -0.39 is 5.91 Å². The highest BCUT2D eigenvalue weighted by molar-refractivity contribution is 5.92. The first-order chi connectivity index (χ1) is 10.1. The van der Waals surface area contributed by atoms with E-state index in [0.29, 0.717) is 41.3 Å². The quantitative estimate of drug-likeness (QED) is 0.431. The van der Waals surface area contributed by atoms with Crippen LogP contribution < -0.4 is 28.4 Å². The number of aromatic nitrogens is 5. The Kier molecular flexibility index (Phi) is 4.52. The minimum Gasteiger partial charge on any atom is -1.00 e. The number of aryl methyl sites for hydroxylation is 2. The van der Waals surface area contributed by atoms with Crippen molar-refractivity contribution in [3.8, 4) is 0 Å². The Labute approximate surface area is 132 Å². The zero-order chi connectivity index (χ0) is 14.8. The number of aromatic amines is 1. The maximum atomic E-state index is 11.1. The number of nitrogens with one attached hydrogen (secondary N) is 1. The van der Waals surface area contributed by atoms with Crippen LogP contribution in [0.25, 0.3) is 11.2 Å². The third-order valence-corrected chi connectivity index (χ3v) is 3.10. The minimum absolute atomic E-state index is 0. The van der Waals surface area contributed by atoms with Gasteiger partial charge in [0.1, 0.15) is 16.9 Å². The van der Waals surface area contributed by atoms with E-state index in [1.807, 2.05) is 10.8 Å². The van der Waals surface area contributed by atoms with E-state index in [-0.39, 0.29) is 12.4 Å². The molecule has 3 heterocycles. The minimum atomic E-state index is -0.456. The fourth-order valence-electron chi connectivity index (χ4n) is 2.05. The summed E-state index contributed by atoms with van der Waals surface area (Å²) < 4.78 is 1.86. The second-order valence-corrected chi connectivity index (χ2v) is 4.57. The number of halogens is 1. The van der Waals surface area contributed by atoms with Gasteiger partial charge in [-0.2, -0.15) is 0 Å². The van der Waals surface area contributed by atoms with Crippen molar-refractivity contribution in [1.29, 1.82) is 0 Å². The number of rotatable bonds is 4. The summed E-state index contributed by atoms with van der Waals surface area (Å²) in [6.45, 7) is 0.608. The van der Waals surface area contributed by atoms with Gasteiger partial charge in [0.25, 0.3) is 5.91 Å². The van der Waals surface area contributed by atoms with Crippen molar-refractivity contribution in [1.82, 2.24) is 19.9 Å². The average molecular weight is 320 g/mol. The molecule has 0 spiro atoms. The van der Waals surface area contributed by atoms with Crippen LogP contribution in [0.2, 0.25) is 0 Å². The largest absolute Gasteiger partial charge is 1.00 e. The van der Waals surface area contributed by atoms with E-state index in [2.05, 4.69) is 19.9 Å². The summed E-state index contributed by atoms with van der Waals surface area (Å²) in [7, 11) is 0. The molecular formula is C13H14ClN7O. The Bertz CT molecular complexity index is 817. The molecule has 0 aliphatic heterocycles. The molecule has 0 atom stereocenters. The normalized spacial score (nSPS) is 10.4. The number of fused-ring (bicyclic) bond motifs is 1. The molecule has 0 unspecified atom stereocenters. The van der Waals surface area contributed by atoms with Crippen LogP contribution in [0.3, 0.4) is 0 Å². The third kappa shape index (κ3) is 3.12. The van der Waals surface area contributed by atoms with Gasteiger partial charge in [-0.25, -0.2) is 19.5 Å². The molecule has 0 aliphatic rings. The lowest BCUT2D eigenvalue weighted by atomic mass is 10.2. The van der Waals surface area contributed by atoms with Crippen molar-refractivity contribution in [3.63, 3.8) is 0 Å². The Balaban J connectivity index is 0.00000176. The fourth-order valence-corrected chi connectivity index (χ4v) is 2.05. The van der Waals surface area contributed by atoms with E-state index in [0.717, 1.165) is 0 Å². The van der Waals surface area contributed by atoms with E-state index in [1.54, 1.807) is 18.3 Å². The number of H-pyrrole nitrogens is 1. The molecule has 0 saturated carbocycles. The number of nitrogen functional groups attached to an aromatic ring is 1. The molecule has 1 amide bonds. The lowest BCUT2D eigenvalue weighted by Gasteiger charge is -2.01. The molecule has 114 valence electrons. The maximum absolute atomic E-state index is 11.1. The van der Waals surface area contributed by atoms with Gasteiger partial charge in [0.2, 0.25) is 0 Å². The van der Waals surface area contributed by atoms with Crippen LogP contribution in [-0.4, -0.2) is 25.8 Å². The predicted octanol–water partition coefficient (Wildman–Crippen LogP) is -3.43. The van der Waals surface area contributed by atoms with Gasteiger partial charge in [0, 0.05) is 6.07 Å². The lowest BCUT2D eigenvalue weighted by Crippen LogP contribution is -3.00. The summed E-state index contributed by atoms with van der Waals surface area (Å²) in [6, 6.07) is 3.44. The molecule has 3 rings (SSSR count). The Hall–Kier alpha value is -2.74. The van der Waals surface area contributed by atoms with Crippen LogP contribution in [0.15, 0.2) is 30.9 Å². The number of hydrogen-bond donors (Lipinski definition) is 3. The van der Waals surface area contributed by atoms with Crippen LogP contribution in [0.1, 0.15) is 16.2 Å². The standard InChI is InChI=1S/C13H13N7O.ClH/c14-11-10-13(17-7-16-10)19-9(18-11)3-5-20-4-1-2-8(6-20)12(15)21;/h1-2,4,6-7H,3,5H2,(H4-,14,15,16,17,18,19,21);1H. The smallest absolute Gasteiger partial charge is 0.254 e. The number of imidazole rings is 1. The van der Waals surface area contributed by atoms with Gasteiger partial charge >= 0.3 is 0 Å². The second kappa shape index (κ2) is 6.35. The molecule has 0 aliphatic carbocycles. The van der Waals surface area contributed by atoms with Crippen molar-refractivity contribution in [2.45, 2.75) is 13.0 Å². The van der Waals surface area contributed by atoms with E-state index in [9.17, 15) is 4.79 Å². The van der Waals surface area contributed by atoms with Gasteiger partial charge < -0.3 is 28.9 Å². The Morgan fingerprint density at radius 2 is 2.18 bits per heavy atom. The molecule has 0 saturated heterocycles. The topological polar surface area (TPSA) is 127 Å². The van der Waals surface area contributed by atoms with E-state index in [1.165, 1.54) is 6.33 Å². The molecular weight excluding hydrogens is 306 g/mol. The van der Waals surface area contributed by atoms with Gasteiger partial charge in [-0.05, 0) is 6.07 Å². The molecule has 8 nitrogen and oxygen atoms in total. The number of pyridine rings is 1. The monoisotopic (exact) mass is 319 g/mol. The molecule has 3 aromatic rings. The molecule has 9 heteroatoms. The second-order valence-electron chi connectivity index (χ2n) is 4.57. The molecule has 22 heavy (non-hydrogen) atoms. The number of primary amides is 1. The molecule has 3 aromatic heterocycles. The number of amides is 1. The van der Waals surface area contributed by atoms with Crippen LogP contribution >= 0.6 is 0 Å². The molecule has 0 fully saturated rings. The van der Waals surface area contributed by atoms with Gasteiger partial charge in [0.15, 0.2) is 30.4 Å². The van der Waals surface area contributed by atoms with Crippen LogP contribution in [0, 0.1) is 0 Å². The number of hydrogen-bond acceptors (Lipinski definition) is 5. The summed E-state index contributed by atoms with van der Waals surface area (Å²) in [4.78, 5) is 26.7. The highest BCUT2D eigenvalue weighted by Crippen LogP contribution is 2.12. The van der Waals surface area contributed by atoms with Crippen LogP contribution in [0.4, 0.5) is 5.82 Å². The number of carbonyl (C=O) groups is 1. The zero-order valence-corrected chi connectivity index (χ0v) is 12.3. The first-order valence-corrected chi connectivity index (χ1v) is 6.38.